The number of aliphatic hydroxyl groups excluding tert-OH is 1. The van der Waals surface area contributed by atoms with E-state index >= 15 is 0 Å². The fourth-order valence-corrected chi connectivity index (χ4v) is 9.39. The second-order valence-electron chi connectivity index (χ2n) is 16.8. The zero-order chi connectivity index (χ0) is 38.9. The van der Waals surface area contributed by atoms with Crippen molar-refractivity contribution in [1.29, 1.82) is 5.26 Å². The molecular weight excluding hydrogens is 688 g/mol. The van der Waals surface area contributed by atoms with Gasteiger partial charge in [-0.1, -0.05) is 70.6 Å². The molecule has 3 unspecified atom stereocenters. The largest absolute Gasteiger partial charge is 0.462 e. The van der Waals surface area contributed by atoms with Crippen LogP contribution in [-0.2, 0) is 38.0 Å². The van der Waals surface area contributed by atoms with E-state index in [9.17, 15) is 15.2 Å². The number of hydrogen-bond acceptors (Lipinski definition) is 11. The Balaban J connectivity index is 1.35. The molecule has 1 aliphatic carbocycles. The lowest BCUT2D eigenvalue weighted by Gasteiger charge is -2.48. The van der Waals surface area contributed by atoms with Gasteiger partial charge in [-0.25, -0.2) is 0 Å². The third kappa shape index (κ3) is 8.37. The Kier molecular flexibility index (Phi) is 12.8. The highest BCUT2D eigenvalue weighted by molar-refractivity contribution is 5.70. The van der Waals surface area contributed by atoms with Crippen molar-refractivity contribution >= 4 is 5.97 Å². The van der Waals surface area contributed by atoms with Crippen LogP contribution in [0.3, 0.4) is 0 Å². The van der Waals surface area contributed by atoms with E-state index in [0.29, 0.717) is 38.2 Å². The van der Waals surface area contributed by atoms with Crippen LogP contribution < -0.4 is 5.73 Å². The summed E-state index contributed by atoms with van der Waals surface area (Å²) < 4.78 is 44.9. The normalized spacial score (nSPS) is 47.5. The van der Waals surface area contributed by atoms with Crippen molar-refractivity contribution in [3.63, 3.8) is 0 Å². The highest BCUT2D eigenvalue weighted by atomic mass is 16.7. The second kappa shape index (κ2) is 16.8. The minimum Gasteiger partial charge on any atom is -0.462 e. The van der Waals surface area contributed by atoms with Crippen molar-refractivity contribution in [2.24, 2.45) is 35.3 Å². The van der Waals surface area contributed by atoms with Crippen molar-refractivity contribution in [3.05, 3.63) is 59.3 Å². The number of nitrogens with two attached hydrogens (primary N) is 1. The number of allylic oxidation sites excluding steroid dienone is 3. The Hall–Kier alpha value is -2.66. The molecule has 2 bridgehead atoms. The average Bonchev–Trinajstić information content (AvgIpc) is 3.57. The number of hydrogen-bond donors (Lipinski definition) is 2. The molecule has 6 rings (SSSR count). The fourth-order valence-electron chi connectivity index (χ4n) is 9.39. The van der Waals surface area contributed by atoms with Crippen molar-refractivity contribution in [2.45, 2.75) is 153 Å². The Morgan fingerprint density at radius 1 is 1.11 bits per heavy atom. The molecule has 3 fully saturated rings. The van der Waals surface area contributed by atoms with Crippen LogP contribution in [0.1, 0.15) is 87.0 Å². The van der Waals surface area contributed by atoms with Gasteiger partial charge in [0, 0.05) is 44.1 Å². The van der Waals surface area contributed by atoms with Crippen molar-refractivity contribution in [3.8, 4) is 6.07 Å². The van der Waals surface area contributed by atoms with Gasteiger partial charge in [0.1, 0.15) is 12.2 Å². The first-order chi connectivity index (χ1) is 25.7. The van der Waals surface area contributed by atoms with Crippen molar-refractivity contribution in [1.82, 2.24) is 0 Å². The molecule has 0 aromatic heterocycles. The quantitative estimate of drug-likeness (QED) is 0.252. The maximum atomic E-state index is 13.8. The highest BCUT2D eigenvalue weighted by Crippen LogP contribution is 2.45. The number of rotatable bonds is 5. The molecular formula is C43H62N2O9. The number of aliphatic hydroxyl groups is 1. The lowest BCUT2D eigenvalue weighted by Crippen LogP contribution is -2.64. The molecule has 5 aliphatic heterocycles. The molecule has 1 spiro atoms. The summed E-state index contributed by atoms with van der Waals surface area (Å²) in [5.74, 6) is -1.21. The number of methoxy groups -OCH3 is 1. The molecule has 16 atom stereocenters. The molecule has 0 radical (unpaired) electrons. The smallest absolute Gasteiger partial charge is 0.306 e. The van der Waals surface area contributed by atoms with E-state index in [1.54, 1.807) is 14.0 Å². The molecule has 298 valence electrons. The highest BCUT2D eigenvalue weighted by Gasteiger charge is 2.50. The van der Waals surface area contributed by atoms with Crippen LogP contribution in [0.4, 0.5) is 0 Å². The first-order valence-electron chi connectivity index (χ1n) is 20.0. The van der Waals surface area contributed by atoms with Gasteiger partial charge >= 0.3 is 5.97 Å². The molecule has 5 heterocycles. The Labute approximate surface area is 321 Å². The number of nitriles is 1. The summed E-state index contributed by atoms with van der Waals surface area (Å²) in [6.45, 7) is 14.7. The molecule has 0 aromatic rings. The third-order valence-corrected chi connectivity index (χ3v) is 12.9. The van der Waals surface area contributed by atoms with E-state index < -0.39 is 54.2 Å². The minimum atomic E-state index is -1.30. The minimum absolute atomic E-state index is 0.0345. The van der Waals surface area contributed by atoms with Crippen LogP contribution in [-0.4, -0.2) is 91.2 Å². The Morgan fingerprint density at radius 2 is 1.89 bits per heavy atom. The summed E-state index contributed by atoms with van der Waals surface area (Å²) >= 11 is 0. The van der Waals surface area contributed by atoms with Crippen LogP contribution in [0.15, 0.2) is 59.3 Å². The standard InChI is InChI=1S/C43H62N2O9/c1-9-24(2)40-27(5)15-16-42(54-40)21-33-19-32(53-42)14-13-26(4)39(52-36-20-34(48-8)43(45,23-44)29(7)50-36)25(3)11-10-12-30-22-49-41-37(30)31(18-35(46)51-33)17-28(6)38(41)47/h10-13,15-17,24-25,27,29,31-34,36-41,47H,9,14,18-22,45H2,1-8H3/b11-10+,26-13+,30-12+/t24?,25-,27-,29-,31-,32+,33-,34-,36-,37?,38+,39-,40+,41?,42+,43+/m0/s1. The Morgan fingerprint density at radius 3 is 2.61 bits per heavy atom. The first kappa shape index (κ1) is 41.0. The summed E-state index contributed by atoms with van der Waals surface area (Å²) in [5.41, 5.74) is 7.97. The molecule has 0 aromatic carbocycles. The number of ether oxygens (including phenoxy) is 7. The predicted octanol–water partition coefficient (Wildman–Crippen LogP) is 5.98. The number of fused-ring (bicyclic) bond motifs is 2. The summed E-state index contributed by atoms with van der Waals surface area (Å²) in [6.07, 6.45) is 13.3. The molecule has 6 aliphatic rings. The molecule has 0 saturated carbocycles. The molecule has 11 heteroatoms. The molecule has 11 nitrogen and oxygen atoms in total. The van der Waals surface area contributed by atoms with Crippen LogP contribution in [0, 0.1) is 40.9 Å². The van der Waals surface area contributed by atoms with E-state index in [0.717, 1.165) is 23.1 Å². The summed E-state index contributed by atoms with van der Waals surface area (Å²) in [4.78, 5) is 13.8. The van der Waals surface area contributed by atoms with Crippen LogP contribution in [0.25, 0.3) is 0 Å². The van der Waals surface area contributed by atoms with E-state index in [1.165, 1.54) is 0 Å². The van der Waals surface area contributed by atoms with E-state index in [1.807, 2.05) is 25.2 Å². The maximum Gasteiger partial charge on any atom is 0.306 e. The fraction of sp³-hybridized carbons (Fsp3) is 0.721. The summed E-state index contributed by atoms with van der Waals surface area (Å²) in [7, 11) is 1.56. The molecule has 54 heavy (non-hydrogen) atoms. The number of carbonyl (C=O) groups is 1. The topological polar surface area (TPSA) is 152 Å². The van der Waals surface area contributed by atoms with Crippen molar-refractivity contribution in [2.75, 3.05) is 13.7 Å². The maximum absolute atomic E-state index is 13.8. The van der Waals surface area contributed by atoms with Crippen LogP contribution >= 0.6 is 0 Å². The molecule has 3 N–H and O–H groups in total. The van der Waals surface area contributed by atoms with Crippen LogP contribution in [0.2, 0.25) is 0 Å². The van der Waals surface area contributed by atoms with Gasteiger partial charge in [0.15, 0.2) is 17.6 Å². The Bertz CT molecular complexity index is 1570. The SMILES string of the molecule is CCC(C)[C@H]1O[C@]2(C=C[C@@H]1C)C[C@@H]1C[C@@H](C/C=C(\C)[C@@H](O[C@H]3C[C@H](OC)[C@@](N)(C#N)[C@H](C)O3)[C@@H](C)/C=C/C=C3\COC4C3[C@@H](C=C(C)[C@H]4O)CC(=O)O1)O2. The van der Waals surface area contributed by atoms with Gasteiger partial charge in [0.05, 0.1) is 55.7 Å². The third-order valence-electron chi connectivity index (χ3n) is 12.9. The lowest BCUT2D eigenvalue weighted by atomic mass is 9.73. The lowest BCUT2D eigenvalue weighted by molar-refractivity contribution is -0.300. The number of esters is 1. The average molecular weight is 751 g/mol. The zero-order valence-electron chi connectivity index (χ0n) is 33.3. The second-order valence-corrected chi connectivity index (χ2v) is 16.8. The first-order valence-corrected chi connectivity index (χ1v) is 20.0. The van der Waals surface area contributed by atoms with Gasteiger partial charge in [-0.05, 0) is 61.8 Å². The van der Waals surface area contributed by atoms with E-state index in [2.05, 4.69) is 65.0 Å². The van der Waals surface area contributed by atoms with Gasteiger partial charge in [0.2, 0.25) is 0 Å². The summed E-state index contributed by atoms with van der Waals surface area (Å²) in [5, 5.41) is 21.0. The van der Waals surface area contributed by atoms with E-state index in [4.69, 9.17) is 38.9 Å². The van der Waals surface area contributed by atoms with Gasteiger partial charge in [0.25, 0.3) is 0 Å². The molecule has 3 saturated heterocycles. The van der Waals surface area contributed by atoms with Crippen molar-refractivity contribution < 1.29 is 43.1 Å². The van der Waals surface area contributed by atoms with Gasteiger partial charge in [-0.2, -0.15) is 5.26 Å². The molecule has 0 amide bonds. The zero-order valence-corrected chi connectivity index (χ0v) is 33.3. The van der Waals surface area contributed by atoms with Crippen LogP contribution in [0.5, 0.6) is 0 Å². The van der Waals surface area contributed by atoms with Gasteiger partial charge in [-0.3, -0.25) is 4.79 Å². The summed E-state index contributed by atoms with van der Waals surface area (Å²) in [6, 6.07) is 2.20. The van der Waals surface area contributed by atoms with Gasteiger partial charge < -0.3 is 44.0 Å². The number of nitrogens with zero attached hydrogens (tertiary/aromatic N) is 1. The van der Waals surface area contributed by atoms with Gasteiger partial charge in [-0.15, -0.1) is 0 Å². The predicted molar refractivity (Wildman–Crippen MR) is 202 cm³/mol. The monoisotopic (exact) mass is 750 g/mol. The van der Waals surface area contributed by atoms with E-state index in [-0.39, 0.29) is 48.3 Å². The number of carbonyl (C=O) groups excluding carboxylic acids is 1.